The van der Waals surface area contributed by atoms with Crippen molar-refractivity contribution < 1.29 is 4.79 Å². The van der Waals surface area contributed by atoms with Crippen LogP contribution in [-0.4, -0.2) is 15.6 Å². The van der Waals surface area contributed by atoms with Crippen LogP contribution >= 0.6 is 15.9 Å². The fourth-order valence-corrected chi connectivity index (χ4v) is 2.42. The summed E-state index contributed by atoms with van der Waals surface area (Å²) in [6.07, 6.45) is 2.91. The molecular weight excluding hydrogens is 292 g/mol. The van der Waals surface area contributed by atoms with Gasteiger partial charge in [-0.1, -0.05) is 29.8 Å². The van der Waals surface area contributed by atoms with E-state index in [4.69, 9.17) is 0 Å². The molecule has 3 nitrogen and oxygen atoms in total. The highest BCUT2D eigenvalue weighted by atomic mass is 79.9. The molecule has 1 heterocycles. The van der Waals surface area contributed by atoms with Crippen LogP contribution < -0.4 is 0 Å². The van der Waals surface area contributed by atoms with E-state index in [1.165, 1.54) is 11.1 Å². The van der Waals surface area contributed by atoms with Gasteiger partial charge in [-0.05, 0) is 34.8 Å². The average molecular weight is 307 g/mol. The first-order valence-electron chi connectivity index (χ1n) is 5.84. The van der Waals surface area contributed by atoms with Crippen molar-refractivity contribution in [3.63, 3.8) is 0 Å². The molecule has 94 valence electrons. The molecule has 1 aromatic carbocycles. The molecule has 0 saturated carbocycles. The van der Waals surface area contributed by atoms with Crippen molar-refractivity contribution in [2.24, 2.45) is 7.05 Å². The van der Waals surface area contributed by atoms with Gasteiger partial charge in [0.1, 0.15) is 5.69 Å². The lowest BCUT2D eigenvalue weighted by Crippen LogP contribution is -2.08. The number of aryl methyl sites for hydroxylation is 3. The van der Waals surface area contributed by atoms with Crippen LogP contribution in [0.1, 0.15) is 28.0 Å². The number of carbonyl (C=O) groups excluding carboxylic acids is 1. The van der Waals surface area contributed by atoms with Crippen molar-refractivity contribution in [2.75, 3.05) is 0 Å². The van der Waals surface area contributed by atoms with Gasteiger partial charge in [0.25, 0.3) is 0 Å². The maximum atomic E-state index is 12.1. The molecule has 0 atom stereocenters. The van der Waals surface area contributed by atoms with Crippen LogP contribution in [0.25, 0.3) is 0 Å². The van der Waals surface area contributed by atoms with Gasteiger partial charge in [-0.3, -0.25) is 9.48 Å². The third kappa shape index (κ3) is 2.88. The second-order valence-electron chi connectivity index (χ2n) is 4.37. The topological polar surface area (TPSA) is 34.9 Å². The van der Waals surface area contributed by atoms with E-state index in [0.717, 1.165) is 10.9 Å². The minimum atomic E-state index is 0.113. The molecule has 0 spiro atoms. The number of hydrogen-bond donors (Lipinski definition) is 0. The Morgan fingerprint density at radius 3 is 2.56 bits per heavy atom. The lowest BCUT2D eigenvalue weighted by atomic mass is 10.0. The number of nitrogens with zero attached hydrogens (tertiary/aromatic N) is 2. The third-order valence-electron chi connectivity index (χ3n) is 2.92. The third-order valence-corrected chi connectivity index (χ3v) is 3.50. The van der Waals surface area contributed by atoms with Crippen LogP contribution in [0, 0.1) is 6.92 Å². The summed E-state index contributed by atoms with van der Waals surface area (Å²) in [5.74, 6) is 0.113. The molecular formula is C14H15BrN2O. The lowest BCUT2D eigenvalue weighted by molar-refractivity contribution is 0.0973. The standard InChI is InChI=1S/C14H15BrN2O/c1-10-3-5-11(6-4-10)7-8-13(18)14-12(15)9-16-17(14)2/h3-6,9H,7-8H2,1-2H3. The molecule has 0 aliphatic heterocycles. The second-order valence-corrected chi connectivity index (χ2v) is 5.23. The first-order valence-corrected chi connectivity index (χ1v) is 6.63. The number of benzene rings is 1. The number of ketones is 1. The highest BCUT2D eigenvalue weighted by Gasteiger charge is 2.14. The van der Waals surface area contributed by atoms with Gasteiger partial charge >= 0.3 is 0 Å². The van der Waals surface area contributed by atoms with Gasteiger partial charge in [0, 0.05) is 13.5 Å². The van der Waals surface area contributed by atoms with Crippen LogP contribution in [0.3, 0.4) is 0 Å². The maximum Gasteiger partial charge on any atom is 0.182 e. The van der Waals surface area contributed by atoms with Crippen molar-refractivity contribution in [2.45, 2.75) is 19.8 Å². The highest BCUT2D eigenvalue weighted by molar-refractivity contribution is 9.10. The Morgan fingerprint density at radius 1 is 1.33 bits per heavy atom. The van der Waals surface area contributed by atoms with E-state index in [0.29, 0.717) is 12.1 Å². The number of aromatic nitrogens is 2. The van der Waals surface area contributed by atoms with Gasteiger partial charge in [-0.2, -0.15) is 5.10 Å². The molecule has 0 saturated heterocycles. The predicted molar refractivity (Wildman–Crippen MR) is 74.7 cm³/mol. The van der Waals surface area contributed by atoms with E-state index in [1.807, 2.05) is 0 Å². The second kappa shape index (κ2) is 5.48. The zero-order valence-electron chi connectivity index (χ0n) is 10.5. The number of hydrogen-bond acceptors (Lipinski definition) is 2. The molecule has 0 aliphatic rings. The summed E-state index contributed by atoms with van der Waals surface area (Å²) in [7, 11) is 1.78. The fourth-order valence-electron chi connectivity index (χ4n) is 1.86. The molecule has 0 bridgehead atoms. The van der Waals surface area contributed by atoms with Gasteiger partial charge in [0.2, 0.25) is 0 Å². The summed E-state index contributed by atoms with van der Waals surface area (Å²) < 4.78 is 2.38. The molecule has 1 aromatic heterocycles. The molecule has 0 amide bonds. The Bertz CT molecular complexity index is 538. The van der Waals surface area contributed by atoms with E-state index in [2.05, 4.69) is 52.2 Å². The van der Waals surface area contributed by atoms with Crippen molar-refractivity contribution in [1.82, 2.24) is 9.78 Å². The first kappa shape index (κ1) is 13.0. The van der Waals surface area contributed by atoms with E-state index >= 15 is 0 Å². The molecule has 0 unspecified atom stereocenters. The van der Waals surface area contributed by atoms with E-state index in [-0.39, 0.29) is 5.78 Å². The molecule has 0 aliphatic carbocycles. The van der Waals surface area contributed by atoms with Crippen LogP contribution in [0.4, 0.5) is 0 Å². The maximum absolute atomic E-state index is 12.1. The Hall–Kier alpha value is -1.42. The van der Waals surface area contributed by atoms with Gasteiger partial charge in [-0.25, -0.2) is 0 Å². The summed E-state index contributed by atoms with van der Waals surface area (Å²) in [5.41, 5.74) is 3.06. The van der Waals surface area contributed by atoms with Crippen molar-refractivity contribution in [3.05, 3.63) is 51.8 Å². The van der Waals surface area contributed by atoms with Gasteiger partial charge in [0.15, 0.2) is 5.78 Å². The van der Waals surface area contributed by atoms with Crippen LogP contribution in [0.15, 0.2) is 34.9 Å². The fraction of sp³-hybridized carbons (Fsp3) is 0.286. The largest absolute Gasteiger partial charge is 0.292 e. The minimum Gasteiger partial charge on any atom is -0.292 e. The lowest BCUT2D eigenvalue weighted by Gasteiger charge is -2.03. The Labute approximate surface area is 115 Å². The van der Waals surface area contributed by atoms with Crippen LogP contribution in [-0.2, 0) is 13.5 Å². The molecule has 2 rings (SSSR count). The normalized spacial score (nSPS) is 10.6. The van der Waals surface area contributed by atoms with Gasteiger partial charge in [-0.15, -0.1) is 0 Å². The number of rotatable bonds is 4. The zero-order chi connectivity index (χ0) is 13.1. The summed E-state index contributed by atoms with van der Waals surface area (Å²) in [4.78, 5) is 12.1. The SMILES string of the molecule is Cc1ccc(CCC(=O)c2c(Br)cnn2C)cc1. The number of Topliss-reactive ketones (excluding diaryl/α,β-unsaturated/α-hetero) is 1. The molecule has 0 fully saturated rings. The summed E-state index contributed by atoms with van der Waals surface area (Å²) in [6.45, 7) is 2.06. The quantitative estimate of drug-likeness (QED) is 0.812. The van der Waals surface area contributed by atoms with Crippen molar-refractivity contribution in [1.29, 1.82) is 0 Å². The van der Waals surface area contributed by atoms with E-state index in [9.17, 15) is 4.79 Å². The Kier molecular flexibility index (Phi) is 3.97. The van der Waals surface area contributed by atoms with Crippen LogP contribution in [0.5, 0.6) is 0 Å². The predicted octanol–water partition coefficient (Wildman–Crippen LogP) is 3.31. The van der Waals surface area contributed by atoms with Crippen molar-refractivity contribution in [3.8, 4) is 0 Å². The van der Waals surface area contributed by atoms with Crippen molar-refractivity contribution >= 4 is 21.7 Å². The van der Waals surface area contributed by atoms with Gasteiger partial charge < -0.3 is 0 Å². The Balaban J connectivity index is 2.03. The molecule has 4 heteroatoms. The Morgan fingerprint density at radius 2 is 2.00 bits per heavy atom. The van der Waals surface area contributed by atoms with E-state index in [1.54, 1.807) is 17.9 Å². The monoisotopic (exact) mass is 306 g/mol. The number of carbonyl (C=O) groups is 1. The summed E-state index contributed by atoms with van der Waals surface area (Å²) in [5, 5.41) is 4.05. The highest BCUT2D eigenvalue weighted by Crippen LogP contribution is 2.18. The molecule has 2 aromatic rings. The van der Waals surface area contributed by atoms with E-state index < -0.39 is 0 Å². The summed E-state index contributed by atoms with van der Waals surface area (Å²) >= 11 is 3.35. The van der Waals surface area contributed by atoms with Crippen LogP contribution in [0.2, 0.25) is 0 Å². The minimum absolute atomic E-state index is 0.113. The number of halogens is 1. The first-order chi connectivity index (χ1) is 8.58. The average Bonchev–Trinajstić information content (AvgIpc) is 2.68. The molecule has 0 N–H and O–H groups in total. The molecule has 18 heavy (non-hydrogen) atoms. The van der Waals surface area contributed by atoms with Gasteiger partial charge in [0.05, 0.1) is 10.7 Å². The zero-order valence-corrected chi connectivity index (χ0v) is 12.1. The smallest absolute Gasteiger partial charge is 0.182 e. The summed E-state index contributed by atoms with van der Waals surface area (Å²) in [6, 6.07) is 8.28. The molecule has 0 radical (unpaired) electrons.